The van der Waals surface area contributed by atoms with Gasteiger partial charge in [-0.25, -0.2) is 9.07 Å². The highest BCUT2D eigenvalue weighted by molar-refractivity contribution is 5.80. The van der Waals surface area contributed by atoms with E-state index in [-0.39, 0.29) is 11.4 Å². The second-order valence-corrected chi connectivity index (χ2v) is 9.59. The largest absolute Gasteiger partial charge is 0.497 e. The smallest absolute Gasteiger partial charge is 0.253 e. The van der Waals surface area contributed by atoms with Crippen molar-refractivity contribution in [1.29, 1.82) is 0 Å². The highest BCUT2D eigenvalue weighted by Crippen LogP contribution is 2.30. The number of ether oxygens (including phenoxy) is 1. The Kier molecular flexibility index (Phi) is 6.76. The highest BCUT2D eigenvalue weighted by atomic mass is 19.1. The van der Waals surface area contributed by atoms with Crippen molar-refractivity contribution in [2.45, 2.75) is 12.6 Å². The van der Waals surface area contributed by atoms with Gasteiger partial charge in [0.05, 0.1) is 19.2 Å². The summed E-state index contributed by atoms with van der Waals surface area (Å²) in [6.45, 7) is 3.36. The number of hydrogen-bond donors (Lipinski definition) is 1. The maximum Gasteiger partial charge on any atom is 0.253 e. The van der Waals surface area contributed by atoms with Crippen molar-refractivity contribution in [3.63, 3.8) is 0 Å². The molecule has 0 aliphatic carbocycles. The number of hydrogen-bond acceptors (Lipinski definition) is 7. The Morgan fingerprint density at radius 2 is 1.74 bits per heavy atom. The molecule has 1 saturated heterocycles. The molecule has 10 heteroatoms. The summed E-state index contributed by atoms with van der Waals surface area (Å²) in [4.78, 5) is 21.2. The second-order valence-electron chi connectivity index (χ2n) is 9.59. The Hall–Kier alpha value is -4.57. The lowest BCUT2D eigenvalue weighted by molar-refractivity contribution is 0.200. The fourth-order valence-electron chi connectivity index (χ4n) is 5.19. The molecular formula is C29H28FN7O2. The highest BCUT2D eigenvalue weighted by Gasteiger charge is 2.33. The number of piperazine rings is 1. The molecule has 3 heterocycles. The normalized spacial score (nSPS) is 15.0. The number of para-hydroxylation sites is 1. The van der Waals surface area contributed by atoms with E-state index in [9.17, 15) is 9.18 Å². The van der Waals surface area contributed by atoms with Crippen LogP contribution >= 0.6 is 0 Å². The van der Waals surface area contributed by atoms with Gasteiger partial charge in [-0.2, -0.15) is 0 Å². The Balaban J connectivity index is 1.39. The third-order valence-corrected chi connectivity index (χ3v) is 7.23. The van der Waals surface area contributed by atoms with Crippen molar-refractivity contribution in [3.8, 4) is 5.75 Å². The van der Waals surface area contributed by atoms with Crippen molar-refractivity contribution in [2.24, 2.45) is 0 Å². The van der Waals surface area contributed by atoms with E-state index in [1.54, 1.807) is 23.9 Å². The fraction of sp³-hybridized carbons (Fsp3) is 0.241. The van der Waals surface area contributed by atoms with Crippen molar-refractivity contribution < 1.29 is 9.13 Å². The van der Waals surface area contributed by atoms with Crippen LogP contribution in [0, 0.1) is 5.82 Å². The molecule has 1 N–H and O–H groups in total. The van der Waals surface area contributed by atoms with Gasteiger partial charge in [-0.3, -0.25) is 9.69 Å². The van der Waals surface area contributed by atoms with Crippen LogP contribution in [-0.2, 0) is 6.54 Å². The Labute approximate surface area is 224 Å². The van der Waals surface area contributed by atoms with Crippen LogP contribution in [0.15, 0.2) is 83.7 Å². The molecule has 0 amide bonds. The quantitative estimate of drug-likeness (QED) is 0.347. The lowest BCUT2D eigenvalue weighted by atomic mass is 10.0. The molecule has 0 bridgehead atoms. The van der Waals surface area contributed by atoms with Crippen LogP contribution < -0.4 is 15.2 Å². The number of methoxy groups -OCH3 is 1. The lowest BCUT2D eigenvalue weighted by Gasteiger charge is -2.39. The number of anilines is 1. The van der Waals surface area contributed by atoms with E-state index in [1.807, 2.05) is 42.5 Å². The first kappa shape index (κ1) is 24.7. The summed E-state index contributed by atoms with van der Waals surface area (Å²) >= 11 is 0. The molecule has 2 aromatic heterocycles. The Morgan fingerprint density at radius 1 is 0.974 bits per heavy atom. The van der Waals surface area contributed by atoms with E-state index >= 15 is 0 Å². The van der Waals surface area contributed by atoms with Crippen molar-refractivity contribution in [3.05, 3.63) is 112 Å². The van der Waals surface area contributed by atoms with Gasteiger partial charge in [-0.05, 0) is 63.8 Å². The number of tetrazole rings is 1. The van der Waals surface area contributed by atoms with Gasteiger partial charge in [-0.1, -0.05) is 30.3 Å². The summed E-state index contributed by atoms with van der Waals surface area (Å²) in [7, 11) is 1.60. The summed E-state index contributed by atoms with van der Waals surface area (Å²) in [5.74, 6) is 0.928. The monoisotopic (exact) mass is 525 g/mol. The van der Waals surface area contributed by atoms with Crippen molar-refractivity contribution in [2.75, 3.05) is 38.2 Å². The van der Waals surface area contributed by atoms with E-state index < -0.39 is 6.04 Å². The number of pyridine rings is 1. The summed E-state index contributed by atoms with van der Waals surface area (Å²) in [6.07, 6.45) is 0. The van der Waals surface area contributed by atoms with Crippen molar-refractivity contribution in [1.82, 2.24) is 30.1 Å². The van der Waals surface area contributed by atoms with Gasteiger partial charge in [0, 0.05) is 43.5 Å². The number of halogens is 1. The number of H-pyrrole nitrogens is 1. The molecule has 6 rings (SSSR count). The summed E-state index contributed by atoms with van der Waals surface area (Å²) in [5.41, 5.74) is 3.09. The SMILES string of the molecule is COc1ccc2cc([C@@H](c3nnnn3Cc3ccc(F)cc3)N3CCN(c4ccccc4)CC3)c(=O)[nH]c2c1. The number of nitrogens with one attached hydrogen (secondary N) is 1. The first-order valence-corrected chi connectivity index (χ1v) is 12.8. The Bertz CT molecular complexity index is 1630. The van der Waals surface area contributed by atoms with Gasteiger partial charge in [0.15, 0.2) is 5.82 Å². The van der Waals surface area contributed by atoms with Gasteiger partial charge in [0.25, 0.3) is 5.56 Å². The van der Waals surface area contributed by atoms with Gasteiger partial charge in [-0.15, -0.1) is 5.10 Å². The van der Waals surface area contributed by atoms with Crippen LogP contribution in [0.25, 0.3) is 10.9 Å². The van der Waals surface area contributed by atoms with Gasteiger partial charge < -0.3 is 14.6 Å². The number of rotatable bonds is 7. The summed E-state index contributed by atoms with van der Waals surface area (Å²) in [6, 6.07) is 23.6. The fourth-order valence-corrected chi connectivity index (χ4v) is 5.19. The predicted molar refractivity (Wildman–Crippen MR) is 147 cm³/mol. The molecule has 9 nitrogen and oxygen atoms in total. The Morgan fingerprint density at radius 3 is 2.49 bits per heavy atom. The summed E-state index contributed by atoms with van der Waals surface area (Å²) < 4.78 is 20.5. The van der Waals surface area contributed by atoms with E-state index in [1.165, 1.54) is 17.8 Å². The van der Waals surface area contributed by atoms with Gasteiger partial charge in [0.2, 0.25) is 0 Å². The van der Waals surface area contributed by atoms with Crippen LogP contribution in [-0.4, -0.2) is 63.4 Å². The van der Waals surface area contributed by atoms with E-state index in [2.05, 4.69) is 42.4 Å². The topological polar surface area (TPSA) is 92.2 Å². The number of aromatic nitrogens is 5. The maximum atomic E-state index is 13.6. The third-order valence-electron chi connectivity index (χ3n) is 7.23. The zero-order chi connectivity index (χ0) is 26.8. The zero-order valence-corrected chi connectivity index (χ0v) is 21.5. The number of benzene rings is 3. The molecule has 39 heavy (non-hydrogen) atoms. The molecule has 1 fully saturated rings. The number of fused-ring (bicyclic) bond motifs is 1. The van der Waals surface area contributed by atoms with Crippen LogP contribution in [0.4, 0.5) is 10.1 Å². The molecule has 5 aromatic rings. The molecule has 0 saturated carbocycles. The third kappa shape index (κ3) is 5.10. The predicted octanol–water partition coefficient (Wildman–Crippen LogP) is 3.62. The molecular weight excluding hydrogens is 497 g/mol. The number of aromatic amines is 1. The lowest BCUT2D eigenvalue weighted by Crippen LogP contribution is -2.49. The molecule has 0 unspecified atom stereocenters. The molecule has 0 spiro atoms. The standard InChI is InChI=1S/C29H28FN7O2/c1-39-24-12-9-21-17-25(29(38)31-26(21)18-24)27(36-15-13-35(14-16-36)23-5-3-2-4-6-23)28-32-33-34-37(28)19-20-7-10-22(30)11-8-20/h2-12,17-18,27H,13-16,19H2,1H3,(H,31,38)/t27-/m0/s1. The minimum absolute atomic E-state index is 0.206. The van der Waals surface area contributed by atoms with Crippen LogP contribution in [0.2, 0.25) is 0 Å². The molecule has 1 atom stereocenters. The van der Waals surface area contributed by atoms with Gasteiger partial charge in [0.1, 0.15) is 17.6 Å². The summed E-state index contributed by atoms with van der Waals surface area (Å²) in [5, 5.41) is 13.5. The van der Waals surface area contributed by atoms with Crippen LogP contribution in [0.5, 0.6) is 5.75 Å². The minimum atomic E-state index is -0.478. The average Bonchev–Trinajstić information content (AvgIpc) is 3.42. The molecule has 198 valence electrons. The maximum absolute atomic E-state index is 13.6. The zero-order valence-electron chi connectivity index (χ0n) is 21.5. The van der Waals surface area contributed by atoms with E-state index in [0.29, 0.717) is 42.3 Å². The molecule has 0 radical (unpaired) electrons. The van der Waals surface area contributed by atoms with E-state index in [4.69, 9.17) is 4.74 Å². The number of nitrogens with zero attached hydrogens (tertiary/aromatic N) is 6. The van der Waals surface area contributed by atoms with Crippen LogP contribution in [0.3, 0.4) is 0 Å². The average molecular weight is 526 g/mol. The molecule has 1 aliphatic heterocycles. The minimum Gasteiger partial charge on any atom is -0.497 e. The first-order valence-electron chi connectivity index (χ1n) is 12.8. The molecule has 3 aromatic carbocycles. The molecule has 1 aliphatic rings. The van der Waals surface area contributed by atoms with Crippen LogP contribution in [0.1, 0.15) is 23.0 Å². The first-order chi connectivity index (χ1) is 19.1. The van der Waals surface area contributed by atoms with Gasteiger partial charge >= 0.3 is 0 Å². The van der Waals surface area contributed by atoms with E-state index in [0.717, 1.165) is 24.0 Å². The van der Waals surface area contributed by atoms with Crippen molar-refractivity contribution >= 4 is 16.6 Å². The second kappa shape index (κ2) is 10.7.